The van der Waals surface area contributed by atoms with Crippen LogP contribution in [0.15, 0.2) is 30.3 Å². The molecule has 4 nitrogen and oxygen atoms in total. The summed E-state index contributed by atoms with van der Waals surface area (Å²) in [5, 5.41) is 10.1. The molecule has 0 fully saturated rings. The molecule has 0 saturated heterocycles. The molecule has 0 bridgehead atoms. The van der Waals surface area contributed by atoms with Crippen LogP contribution >= 0.6 is 0 Å². The molecule has 0 atom stereocenters. The molecule has 1 N–H and O–H groups in total. The first kappa shape index (κ1) is 11.5. The van der Waals surface area contributed by atoms with Gasteiger partial charge in [-0.2, -0.15) is 0 Å². The van der Waals surface area contributed by atoms with E-state index < -0.39 is 5.97 Å². The Labute approximate surface area is 89.0 Å². The fourth-order valence-corrected chi connectivity index (χ4v) is 1.16. The third-order valence-electron chi connectivity index (χ3n) is 1.66. The largest absolute Gasteiger partial charge is 0.480 e. The van der Waals surface area contributed by atoms with Crippen LogP contribution in [0.2, 0.25) is 0 Å². The molecule has 15 heavy (non-hydrogen) atoms. The van der Waals surface area contributed by atoms with Crippen LogP contribution in [0.3, 0.4) is 0 Å². The second-order valence-corrected chi connectivity index (χ2v) is 3.42. The minimum absolute atomic E-state index is 0.0513. The van der Waals surface area contributed by atoms with Gasteiger partial charge in [0.25, 0.3) is 0 Å². The van der Waals surface area contributed by atoms with Crippen LogP contribution < -0.4 is 5.06 Å². The average molecular weight is 209 g/mol. The maximum Gasteiger partial charge on any atom is 0.325 e. The fraction of sp³-hybridized carbons (Fsp3) is 0.364. The van der Waals surface area contributed by atoms with E-state index in [1.807, 2.05) is 44.2 Å². The predicted octanol–water partition coefficient (Wildman–Crippen LogP) is 1.92. The van der Waals surface area contributed by atoms with E-state index in [0.717, 1.165) is 5.69 Å². The quantitative estimate of drug-likeness (QED) is 0.753. The normalized spacial score (nSPS) is 10.3. The fourth-order valence-electron chi connectivity index (χ4n) is 1.16. The summed E-state index contributed by atoms with van der Waals surface area (Å²) in [7, 11) is 0. The van der Waals surface area contributed by atoms with Gasteiger partial charge in [-0.3, -0.25) is 9.63 Å². The molecular formula is C11H15NO3. The van der Waals surface area contributed by atoms with Crippen molar-refractivity contribution in [1.82, 2.24) is 0 Å². The van der Waals surface area contributed by atoms with Crippen LogP contribution in [0.5, 0.6) is 0 Å². The highest BCUT2D eigenvalue weighted by molar-refractivity contribution is 5.72. The van der Waals surface area contributed by atoms with Gasteiger partial charge in [0.2, 0.25) is 0 Å². The number of rotatable bonds is 5. The molecule has 0 aromatic heterocycles. The second kappa shape index (κ2) is 5.36. The van der Waals surface area contributed by atoms with Crippen molar-refractivity contribution in [2.24, 2.45) is 0 Å². The first-order chi connectivity index (χ1) is 7.09. The van der Waals surface area contributed by atoms with Gasteiger partial charge in [0, 0.05) is 0 Å². The van der Waals surface area contributed by atoms with E-state index in [4.69, 9.17) is 9.94 Å². The van der Waals surface area contributed by atoms with Gasteiger partial charge in [-0.15, -0.1) is 0 Å². The zero-order chi connectivity index (χ0) is 11.3. The lowest BCUT2D eigenvalue weighted by atomic mass is 10.3. The summed E-state index contributed by atoms with van der Waals surface area (Å²) in [6, 6.07) is 9.18. The number of para-hydroxylation sites is 1. The molecule has 0 radical (unpaired) electrons. The number of hydroxylamine groups is 1. The number of nitrogens with zero attached hydrogens (tertiary/aromatic N) is 1. The molecule has 0 aliphatic heterocycles. The second-order valence-electron chi connectivity index (χ2n) is 3.42. The summed E-state index contributed by atoms with van der Waals surface area (Å²) in [6.07, 6.45) is -0.0513. The molecule has 82 valence electrons. The molecular weight excluding hydrogens is 194 g/mol. The number of benzene rings is 1. The summed E-state index contributed by atoms with van der Waals surface area (Å²) in [5.41, 5.74) is 0.744. The van der Waals surface area contributed by atoms with E-state index in [2.05, 4.69) is 0 Å². The lowest BCUT2D eigenvalue weighted by molar-refractivity contribution is -0.137. The summed E-state index contributed by atoms with van der Waals surface area (Å²) in [6.45, 7) is 3.55. The van der Waals surface area contributed by atoms with Crippen LogP contribution in [0.4, 0.5) is 5.69 Å². The summed E-state index contributed by atoms with van der Waals surface area (Å²) < 4.78 is 0. The van der Waals surface area contributed by atoms with E-state index in [1.165, 1.54) is 5.06 Å². The highest BCUT2D eigenvalue weighted by Gasteiger charge is 2.12. The van der Waals surface area contributed by atoms with Crippen LogP contribution in [0.25, 0.3) is 0 Å². The number of carboxylic acids is 1. The topological polar surface area (TPSA) is 49.8 Å². The van der Waals surface area contributed by atoms with Crippen LogP contribution in [0, 0.1) is 0 Å². The SMILES string of the molecule is CC(C)ON(CC(=O)O)c1ccccc1. The summed E-state index contributed by atoms with van der Waals surface area (Å²) >= 11 is 0. The van der Waals surface area contributed by atoms with Crippen molar-refractivity contribution in [3.05, 3.63) is 30.3 Å². The first-order valence-corrected chi connectivity index (χ1v) is 4.80. The average Bonchev–Trinajstić information content (AvgIpc) is 2.17. The highest BCUT2D eigenvalue weighted by Crippen LogP contribution is 2.14. The van der Waals surface area contributed by atoms with Crippen molar-refractivity contribution < 1.29 is 14.7 Å². The summed E-state index contributed by atoms with van der Waals surface area (Å²) in [5.74, 6) is -0.917. The molecule has 1 aromatic rings. The van der Waals surface area contributed by atoms with E-state index >= 15 is 0 Å². The molecule has 1 rings (SSSR count). The molecule has 4 heteroatoms. The molecule has 1 aromatic carbocycles. The molecule has 0 amide bonds. The Morgan fingerprint density at radius 2 is 2.00 bits per heavy atom. The Bertz CT molecular complexity index is 311. The third-order valence-corrected chi connectivity index (χ3v) is 1.66. The zero-order valence-corrected chi connectivity index (χ0v) is 8.88. The Balaban J connectivity index is 2.76. The van der Waals surface area contributed by atoms with Gasteiger partial charge in [-0.05, 0) is 26.0 Å². The van der Waals surface area contributed by atoms with Crippen molar-refractivity contribution in [2.45, 2.75) is 20.0 Å². The maximum atomic E-state index is 10.6. The standard InChI is InChI=1S/C11H15NO3/c1-9(2)15-12(8-11(13)14)10-6-4-3-5-7-10/h3-7,9H,8H2,1-2H3,(H,13,14). The van der Waals surface area contributed by atoms with Gasteiger partial charge in [0.1, 0.15) is 6.54 Å². The molecule has 0 aliphatic carbocycles. The van der Waals surface area contributed by atoms with E-state index in [1.54, 1.807) is 0 Å². The van der Waals surface area contributed by atoms with Crippen molar-refractivity contribution in [2.75, 3.05) is 11.6 Å². The molecule has 0 unspecified atom stereocenters. The minimum Gasteiger partial charge on any atom is -0.480 e. The Hall–Kier alpha value is -1.55. The number of hydrogen-bond donors (Lipinski definition) is 1. The van der Waals surface area contributed by atoms with E-state index in [9.17, 15) is 4.79 Å². The van der Waals surface area contributed by atoms with Gasteiger partial charge >= 0.3 is 5.97 Å². The maximum absolute atomic E-state index is 10.6. The van der Waals surface area contributed by atoms with Gasteiger partial charge in [0.15, 0.2) is 0 Å². The van der Waals surface area contributed by atoms with Crippen molar-refractivity contribution in [3.8, 4) is 0 Å². The predicted molar refractivity (Wildman–Crippen MR) is 57.6 cm³/mol. The number of carboxylic acid groups (broad SMARTS) is 1. The Morgan fingerprint density at radius 3 is 2.47 bits per heavy atom. The molecule has 0 heterocycles. The highest BCUT2D eigenvalue weighted by atomic mass is 16.7. The number of anilines is 1. The smallest absolute Gasteiger partial charge is 0.325 e. The van der Waals surface area contributed by atoms with Crippen LogP contribution in [0.1, 0.15) is 13.8 Å². The lowest BCUT2D eigenvalue weighted by Crippen LogP contribution is -2.32. The lowest BCUT2D eigenvalue weighted by Gasteiger charge is -2.24. The number of carbonyl (C=O) groups is 1. The monoisotopic (exact) mass is 209 g/mol. The zero-order valence-electron chi connectivity index (χ0n) is 8.88. The number of aliphatic carboxylic acids is 1. The van der Waals surface area contributed by atoms with E-state index in [-0.39, 0.29) is 12.6 Å². The molecule has 0 spiro atoms. The Kier molecular flexibility index (Phi) is 4.12. The van der Waals surface area contributed by atoms with Gasteiger partial charge in [-0.1, -0.05) is 18.2 Å². The Morgan fingerprint density at radius 1 is 1.40 bits per heavy atom. The van der Waals surface area contributed by atoms with Crippen molar-refractivity contribution >= 4 is 11.7 Å². The minimum atomic E-state index is -0.917. The van der Waals surface area contributed by atoms with Gasteiger partial charge in [-0.25, -0.2) is 5.06 Å². The van der Waals surface area contributed by atoms with Crippen molar-refractivity contribution in [1.29, 1.82) is 0 Å². The van der Waals surface area contributed by atoms with Gasteiger partial charge < -0.3 is 5.11 Å². The third kappa shape index (κ3) is 3.99. The molecule has 0 aliphatic rings. The van der Waals surface area contributed by atoms with E-state index in [0.29, 0.717) is 0 Å². The number of hydrogen-bond acceptors (Lipinski definition) is 3. The van der Waals surface area contributed by atoms with Crippen molar-refractivity contribution in [3.63, 3.8) is 0 Å². The first-order valence-electron chi connectivity index (χ1n) is 4.80. The van der Waals surface area contributed by atoms with Crippen LogP contribution in [-0.2, 0) is 9.63 Å². The van der Waals surface area contributed by atoms with Crippen LogP contribution in [-0.4, -0.2) is 23.7 Å². The molecule has 0 saturated carbocycles. The van der Waals surface area contributed by atoms with Gasteiger partial charge in [0.05, 0.1) is 11.8 Å². The summed E-state index contributed by atoms with van der Waals surface area (Å²) in [4.78, 5) is 16.0.